The molecular weight excluding hydrogens is 474 g/mol. The van der Waals surface area contributed by atoms with Gasteiger partial charge in [-0.15, -0.1) is 0 Å². The second-order valence-electron chi connectivity index (χ2n) is 7.26. The van der Waals surface area contributed by atoms with E-state index in [0.717, 1.165) is 4.47 Å². The molecule has 1 aliphatic rings. The van der Waals surface area contributed by atoms with Crippen molar-refractivity contribution >= 4 is 27.7 Å². The third kappa shape index (κ3) is 5.08. The Bertz CT molecular complexity index is 1110. The number of benzene rings is 2. The van der Waals surface area contributed by atoms with Crippen LogP contribution in [-0.4, -0.2) is 59.9 Å². The zero-order chi connectivity index (χ0) is 22.5. The fourth-order valence-electron chi connectivity index (χ4n) is 3.45. The van der Waals surface area contributed by atoms with Gasteiger partial charge in [-0.3, -0.25) is 9.59 Å². The van der Waals surface area contributed by atoms with Gasteiger partial charge in [0.25, 0.3) is 11.8 Å². The van der Waals surface area contributed by atoms with Crippen LogP contribution in [0.1, 0.15) is 20.7 Å². The van der Waals surface area contributed by atoms with Gasteiger partial charge in [0.05, 0.1) is 12.7 Å². The van der Waals surface area contributed by atoms with Crippen LogP contribution in [0.15, 0.2) is 71.3 Å². The zero-order valence-corrected chi connectivity index (χ0v) is 19.1. The maximum Gasteiger partial charge on any atom is 0.255 e. The zero-order valence-electron chi connectivity index (χ0n) is 17.5. The van der Waals surface area contributed by atoms with Gasteiger partial charge in [-0.2, -0.15) is 0 Å². The van der Waals surface area contributed by atoms with Crippen LogP contribution in [0.5, 0.6) is 17.4 Å². The highest BCUT2D eigenvalue weighted by Gasteiger charge is 2.26. The van der Waals surface area contributed by atoms with E-state index in [-0.39, 0.29) is 11.8 Å². The Morgan fingerprint density at radius 2 is 1.50 bits per heavy atom. The summed E-state index contributed by atoms with van der Waals surface area (Å²) in [5, 5.41) is 0. The molecule has 32 heavy (non-hydrogen) atoms. The summed E-state index contributed by atoms with van der Waals surface area (Å²) in [4.78, 5) is 33.4. The molecule has 0 aliphatic carbocycles. The summed E-state index contributed by atoms with van der Waals surface area (Å²) in [5.41, 5.74) is 1.06. The molecule has 2 amide bonds. The number of nitrogens with zero attached hydrogens (tertiary/aromatic N) is 3. The molecule has 0 bridgehead atoms. The number of carbonyl (C=O) groups excluding carboxylic acids is 2. The standard InChI is InChI=1S/C24H22BrN3O4/c1-31-20-6-2-4-17(14-20)23(29)27-10-12-28(13-11-27)24(30)18-8-9-22(26-16-18)32-21-7-3-5-19(25)15-21/h2-9,14-16H,10-13H2,1H3. The van der Waals surface area contributed by atoms with E-state index in [4.69, 9.17) is 9.47 Å². The second-order valence-corrected chi connectivity index (χ2v) is 8.18. The molecule has 164 valence electrons. The fourth-order valence-corrected chi connectivity index (χ4v) is 3.83. The molecule has 3 aromatic rings. The molecule has 2 aromatic carbocycles. The Hall–Kier alpha value is -3.39. The number of pyridine rings is 1. The summed E-state index contributed by atoms with van der Waals surface area (Å²) >= 11 is 3.40. The van der Waals surface area contributed by atoms with Gasteiger partial charge in [0.1, 0.15) is 11.5 Å². The van der Waals surface area contributed by atoms with Crippen LogP contribution < -0.4 is 9.47 Å². The van der Waals surface area contributed by atoms with Gasteiger partial charge in [0, 0.05) is 48.5 Å². The highest BCUT2D eigenvalue weighted by molar-refractivity contribution is 9.10. The third-order valence-electron chi connectivity index (χ3n) is 5.17. The molecule has 0 spiro atoms. The van der Waals surface area contributed by atoms with Crippen molar-refractivity contribution in [2.75, 3.05) is 33.3 Å². The summed E-state index contributed by atoms with van der Waals surface area (Å²) in [5.74, 6) is 1.53. The molecule has 2 heterocycles. The van der Waals surface area contributed by atoms with E-state index in [0.29, 0.717) is 54.7 Å². The molecule has 4 rings (SSSR count). The largest absolute Gasteiger partial charge is 0.497 e. The summed E-state index contributed by atoms with van der Waals surface area (Å²) in [6.45, 7) is 1.87. The van der Waals surface area contributed by atoms with Gasteiger partial charge in [0.2, 0.25) is 5.88 Å². The van der Waals surface area contributed by atoms with Crippen LogP contribution in [-0.2, 0) is 0 Å². The minimum Gasteiger partial charge on any atom is -0.497 e. The predicted octanol–water partition coefficient (Wildman–Crippen LogP) is 4.24. The summed E-state index contributed by atoms with van der Waals surface area (Å²) in [7, 11) is 1.57. The Morgan fingerprint density at radius 1 is 0.844 bits per heavy atom. The van der Waals surface area contributed by atoms with Crippen molar-refractivity contribution in [2.24, 2.45) is 0 Å². The minimum atomic E-state index is -0.111. The smallest absolute Gasteiger partial charge is 0.255 e. The summed E-state index contributed by atoms with van der Waals surface area (Å²) in [6.07, 6.45) is 1.52. The molecule has 7 nitrogen and oxygen atoms in total. The molecule has 0 N–H and O–H groups in total. The lowest BCUT2D eigenvalue weighted by Gasteiger charge is -2.34. The van der Waals surface area contributed by atoms with Crippen LogP contribution >= 0.6 is 15.9 Å². The lowest BCUT2D eigenvalue weighted by atomic mass is 10.1. The highest BCUT2D eigenvalue weighted by Crippen LogP contribution is 2.23. The van der Waals surface area contributed by atoms with Crippen LogP contribution in [0.25, 0.3) is 0 Å². The van der Waals surface area contributed by atoms with Gasteiger partial charge in [-0.25, -0.2) is 4.98 Å². The maximum atomic E-state index is 12.9. The van der Waals surface area contributed by atoms with Crippen molar-refractivity contribution < 1.29 is 19.1 Å². The van der Waals surface area contributed by atoms with Crippen LogP contribution in [0.2, 0.25) is 0 Å². The summed E-state index contributed by atoms with van der Waals surface area (Å²) < 4.78 is 11.8. The summed E-state index contributed by atoms with van der Waals surface area (Å²) in [6, 6.07) is 17.9. The topological polar surface area (TPSA) is 72.0 Å². The van der Waals surface area contributed by atoms with Crippen molar-refractivity contribution in [2.45, 2.75) is 0 Å². The number of aromatic nitrogens is 1. The van der Waals surface area contributed by atoms with E-state index >= 15 is 0 Å². The number of hydrogen-bond acceptors (Lipinski definition) is 5. The first kappa shape index (κ1) is 21.8. The van der Waals surface area contributed by atoms with E-state index in [1.165, 1.54) is 6.20 Å². The van der Waals surface area contributed by atoms with E-state index in [1.54, 1.807) is 53.3 Å². The SMILES string of the molecule is COc1cccc(C(=O)N2CCN(C(=O)c3ccc(Oc4cccc(Br)c4)nc3)CC2)c1. The van der Waals surface area contributed by atoms with Crippen LogP contribution in [0.4, 0.5) is 0 Å². The van der Waals surface area contributed by atoms with E-state index in [9.17, 15) is 9.59 Å². The number of methoxy groups -OCH3 is 1. The van der Waals surface area contributed by atoms with Crippen molar-refractivity contribution in [3.05, 3.63) is 82.5 Å². The fraction of sp³-hybridized carbons (Fsp3) is 0.208. The van der Waals surface area contributed by atoms with Crippen molar-refractivity contribution in [1.29, 1.82) is 0 Å². The minimum absolute atomic E-state index is 0.0632. The maximum absolute atomic E-state index is 12.9. The van der Waals surface area contributed by atoms with Gasteiger partial charge in [-0.1, -0.05) is 28.1 Å². The van der Waals surface area contributed by atoms with E-state index in [1.807, 2.05) is 24.3 Å². The van der Waals surface area contributed by atoms with Gasteiger partial charge in [-0.05, 0) is 42.5 Å². The third-order valence-corrected chi connectivity index (χ3v) is 5.67. The number of amides is 2. The second kappa shape index (κ2) is 9.82. The molecular formula is C24H22BrN3O4. The first-order chi connectivity index (χ1) is 15.5. The van der Waals surface area contributed by atoms with E-state index in [2.05, 4.69) is 20.9 Å². The van der Waals surface area contributed by atoms with Gasteiger partial charge in [0.15, 0.2) is 0 Å². The molecule has 8 heteroatoms. The number of ether oxygens (including phenoxy) is 2. The van der Waals surface area contributed by atoms with Crippen LogP contribution in [0, 0.1) is 0 Å². The normalized spacial score (nSPS) is 13.6. The van der Waals surface area contributed by atoms with Crippen molar-refractivity contribution in [1.82, 2.24) is 14.8 Å². The number of rotatable bonds is 5. The molecule has 1 aliphatic heterocycles. The lowest BCUT2D eigenvalue weighted by Crippen LogP contribution is -2.50. The monoisotopic (exact) mass is 495 g/mol. The molecule has 1 aromatic heterocycles. The predicted molar refractivity (Wildman–Crippen MR) is 123 cm³/mol. The number of piperazine rings is 1. The Balaban J connectivity index is 1.34. The Morgan fingerprint density at radius 3 is 2.12 bits per heavy atom. The van der Waals surface area contributed by atoms with Gasteiger partial charge < -0.3 is 19.3 Å². The average molecular weight is 496 g/mol. The Labute approximate surface area is 194 Å². The number of hydrogen-bond donors (Lipinski definition) is 0. The number of halogens is 1. The molecule has 0 saturated carbocycles. The first-order valence-electron chi connectivity index (χ1n) is 10.2. The molecule has 1 fully saturated rings. The van der Waals surface area contributed by atoms with Crippen molar-refractivity contribution in [3.8, 4) is 17.4 Å². The average Bonchev–Trinajstić information content (AvgIpc) is 2.84. The first-order valence-corrected chi connectivity index (χ1v) is 10.9. The quantitative estimate of drug-likeness (QED) is 0.529. The van der Waals surface area contributed by atoms with Crippen molar-refractivity contribution in [3.63, 3.8) is 0 Å². The van der Waals surface area contributed by atoms with Gasteiger partial charge >= 0.3 is 0 Å². The Kier molecular flexibility index (Phi) is 6.70. The molecule has 1 saturated heterocycles. The lowest BCUT2D eigenvalue weighted by molar-refractivity contribution is 0.0535. The van der Waals surface area contributed by atoms with Crippen LogP contribution in [0.3, 0.4) is 0 Å². The number of carbonyl (C=O) groups is 2. The highest BCUT2D eigenvalue weighted by atomic mass is 79.9. The molecule has 0 radical (unpaired) electrons. The molecule has 0 unspecified atom stereocenters. The molecule has 0 atom stereocenters. The van der Waals surface area contributed by atoms with E-state index < -0.39 is 0 Å².